The number of fused-ring (bicyclic) bond motifs is 1. The molecule has 6 nitrogen and oxygen atoms in total. The van der Waals surface area contributed by atoms with Crippen LogP contribution < -0.4 is 5.32 Å². The summed E-state index contributed by atoms with van der Waals surface area (Å²) in [6.07, 6.45) is 0. The van der Waals surface area contributed by atoms with Crippen LogP contribution in [-0.2, 0) is 16.6 Å². The average Bonchev–Trinajstić information content (AvgIpc) is 2.76. The summed E-state index contributed by atoms with van der Waals surface area (Å²) < 4.78 is 6.19. The Hall–Kier alpha value is -2.37. The Morgan fingerprint density at radius 3 is 2.74 bits per heavy atom. The van der Waals surface area contributed by atoms with Gasteiger partial charge >= 0.3 is 5.97 Å². The molecule has 0 saturated heterocycles. The molecular weight excluding hydrogens is 246 g/mol. The molecule has 1 amide bonds. The Labute approximate surface area is 110 Å². The molecule has 1 N–H and O–H groups in total. The van der Waals surface area contributed by atoms with Crippen LogP contribution in [0.25, 0.3) is 10.9 Å². The first-order valence-electron chi connectivity index (χ1n) is 5.85. The Balaban J connectivity index is 2.30. The van der Waals surface area contributed by atoms with Gasteiger partial charge in [-0.15, -0.1) is 0 Å². The summed E-state index contributed by atoms with van der Waals surface area (Å²) in [6, 6.07) is 6.70. The summed E-state index contributed by atoms with van der Waals surface area (Å²) in [5.41, 5.74) is 1.16. The fraction of sp³-hybridized carbons (Fsp3) is 0.308. The van der Waals surface area contributed by atoms with Crippen LogP contribution >= 0.6 is 0 Å². The molecule has 0 aliphatic carbocycles. The highest BCUT2D eigenvalue weighted by Gasteiger charge is 2.20. The van der Waals surface area contributed by atoms with Crippen molar-refractivity contribution in [1.82, 2.24) is 15.1 Å². The van der Waals surface area contributed by atoms with Gasteiger partial charge in [0.05, 0.1) is 12.6 Å². The van der Waals surface area contributed by atoms with E-state index in [1.807, 2.05) is 24.3 Å². The van der Waals surface area contributed by atoms with E-state index in [-0.39, 0.29) is 0 Å². The minimum atomic E-state index is -0.710. The first-order chi connectivity index (χ1) is 9.04. The Bertz CT molecular complexity index is 633. The van der Waals surface area contributed by atoms with Crippen molar-refractivity contribution in [1.29, 1.82) is 0 Å². The normalized spacial score (nSPS) is 12.2. The van der Waals surface area contributed by atoms with Crippen molar-refractivity contribution in [2.75, 3.05) is 7.11 Å². The maximum atomic E-state index is 12.1. The zero-order valence-corrected chi connectivity index (χ0v) is 11.0. The quantitative estimate of drug-likeness (QED) is 0.832. The summed E-state index contributed by atoms with van der Waals surface area (Å²) >= 11 is 0. The Morgan fingerprint density at radius 2 is 2.05 bits per heavy atom. The van der Waals surface area contributed by atoms with Crippen LogP contribution in [0.15, 0.2) is 24.3 Å². The first kappa shape index (κ1) is 13.1. The van der Waals surface area contributed by atoms with Crippen molar-refractivity contribution in [2.24, 2.45) is 7.05 Å². The number of aromatic nitrogens is 2. The number of rotatable bonds is 3. The average molecular weight is 261 g/mol. The number of carbonyl (C=O) groups is 2. The van der Waals surface area contributed by atoms with E-state index in [0.29, 0.717) is 5.69 Å². The largest absolute Gasteiger partial charge is 0.467 e. The van der Waals surface area contributed by atoms with E-state index in [1.54, 1.807) is 18.7 Å². The number of hydrogen-bond donors (Lipinski definition) is 1. The highest BCUT2D eigenvalue weighted by Crippen LogP contribution is 2.17. The van der Waals surface area contributed by atoms with Gasteiger partial charge in [-0.25, -0.2) is 4.79 Å². The van der Waals surface area contributed by atoms with E-state index >= 15 is 0 Å². The van der Waals surface area contributed by atoms with Crippen LogP contribution in [-0.4, -0.2) is 34.8 Å². The van der Waals surface area contributed by atoms with Crippen molar-refractivity contribution in [3.05, 3.63) is 30.0 Å². The molecule has 0 aliphatic heterocycles. The van der Waals surface area contributed by atoms with E-state index in [9.17, 15) is 9.59 Å². The van der Waals surface area contributed by atoms with E-state index < -0.39 is 17.9 Å². The highest BCUT2D eigenvalue weighted by molar-refractivity contribution is 6.05. The summed E-state index contributed by atoms with van der Waals surface area (Å²) in [6.45, 7) is 1.56. The van der Waals surface area contributed by atoms with Crippen molar-refractivity contribution in [3.8, 4) is 0 Å². The molecule has 1 atom stereocenters. The van der Waals surface area contributed by atoms with Crippen LogP contribution in [0.4, 0.5) is 0 Å². The molecule has 0 aliphatic rings. The maximum Gasteiger partial charge on any atom is 0.328 e. The van der Waals surface area contributed by atoms with Gasteiger partial charge in [0.2, 0.25) is 0 Å². The molecule has 2 aromatic rings. The second kappa shape index (κ2) is 5.09. The zero-order valence-electron chi connectivity index (χ0n) is 11.0. The summed E-state index contributed by atoms with van der Waals surface area (Å²) in [5.74, 6) is -0.886. The standard InChI is InChI=1S/C13H15N3O3/c1-8(13(18)19-3)14-12(17)11-9-6-4-5-7-10(9)16(2)15-11/h4-8H,1-3H3,(H,14,17)/t8-/m1/s1. The van der Waals surface area contributed by atoms with Crippen LogP contribution in [0.1, 0.15) is 17.4 Å². The predicted molar refractivity (Wildman–Crippen MR) is 69.7 cm³/mol. The lowest BCUT2D eigenvalue weighted by molar-refractivity contribution is -0.142. The number of para-hydroxylation sites is 1. The molecule has 0 fully saturated rings. The molecule has 1 aromatic heterocycles. The van der Waals surface area contributed by atoms with Gasteiger partial charge in [0.25, 0.3) is 5.91 Å². The van der Waals surface area contributed by atoms with Gasteiger partial charge in [0.15, 0.2) is 5.69 Å². The SMILES string of the molecule is COC(=O)[C@@H](C)NC(=O)c1nn(C)c2ccccc12. The monoisotopic (exact) mass is 261 g/mol. The Morgan fingerprint density at radius 1 is 1.37 bits per heavy atom. The number of nitrogens with zero attached hydrogens (tertiary/aromatic N) is 2. The molecule has 6 heteroatoms. The molecule has 0 radical (unpaired) electrons. The highest BCUT2D eigenvalue weighted by atomic mass is 16.5. The molecule has 0 unspecified atom stereocenters. The lowest BCUT2D eigenvalue weighted by atomic mass is 10.2. The molecule has 0 saturated carbocycles. The third-order valence-corrected chi connectivity index (χ3v) is 2.88. The fourth-order valence-corrected chi connectivity index (χ4v) is 1.88. The van der Waals surface area contributed by atoms with Gasteiger partial charge in [0.1, 0.15) is 6.04 Å². The predicted octanol–water partition coefficient (Wildman–Crippen LogP) is 0.865. The number of aryl methyl sites for hydroxylation is 1. The molecule has 2 rings (SSSR count). The number of ether oxygens (including phenoxy) is 1. The van der Waals surface area contributed by atoms with Crippen LogP contribution in [0, 0.1) is 0 Å². The van der Waals surface area contributed by atoms with Gasteiger partial charge in [0, 0.05) is 12.4 Å². The third kappa shape index (κ3) is 2.42. The Kier molecular flexibility index (Phi) is 3.50. The van der Waals surface area contributed by atoms with Crippen molar-refractivity contribution < 1.29 is 14.3 Å². The van der Waals surface area contributed by atoms with Crippen LogP contribution in [0.5, 0.6) is 0 Å². The van der Waals surface area contributed by atoms with E-state index in [0.717, 1.165) is 10.9 Å². The van der Waals surface area contributed by atoms with E-state index in [1.165, 1.54) is 7.11 Å². The number of benzene rings is 1. The number of nitrogens with one attached hydrogen (secondary N) is 1. The molecule has 100 valence electrons. The number of carbonyl (C=O) groups excluding carboxylic acids is 2. The van der Waals surface area contributed by atoms with E-state index in [4.69, 9.17) is 0 Å². The molecule has 1 aromatic carbocycles. The van der Waals surface area contributed by atoms with Gasteiger partial charge in [-0.05, 0) is 13.0 Å². The fourth-order valence-electron chi connectivity index (χ4n) is 1.88. The van der Waals surface area contributed by atoms with Crippen molar-refractivity contribution in [2.45, 2.75) is 13.0 Å². The summed E-state index contributed by atoms with van der Waals surface area (Å²) in [5, 5.41) is 7.49. The minimum absolute atomic E-state index is 0.300. The number of amides is 1. The van der Waals surface area contributed by atoms with Gasteiger partial charge in [-0.1, -0.05) is 18.2 Å². The summed E-state index contributed by atoms with van der Waals surface area (Å²) in [7, 11) is 3.05. The first-order valence-corrected chi connectivity index (χ1v) is 5.85. The second-order valence-electron chi connectivity index (χ2n) is 4.21. The lowest BCUT2D eigenvalue weighted by Gasteiger charge is -2.10. The molecule has 19 heavy (non-hydrogen) atoms. The van der Waals surface area contributed by atoms with Crippen molar-refractivity contribution >= 4 is 22.8 Å². The van der Waals surface area contributed by atoms with Gasteiger partial charge in [-0.3, -0.25) is 9.48 Å². The molecular formula is C13H15N3O3. The number of esters is 1. The number of hydrogen-bond acceptors (Lipinski definition) is 4. The molecule has 1 heterocycles. The molecule has 0 spiro atoms. The van der Waals surface area contributed by atoms with Crippen LogP contribution in [0.3, 0.4) is 0 Å². The summed E-state index contributed by atoms with van der Waals surface area (Å²) in [4.78, 5) is 23.4. The van der Waals surface area contributed by atoms with Gasteiger partial charge in [-0.2, -0.15) is 5.10 Å². The lowest BCUT2D eigenvalue weighted by Crippen LogP contribution is -2.39. The van der Waals surface area contributed by atoms with Crippen molar-refractivity contribution in [3.63, 3.8) is 0 Å². The topological polar surface area (TPSA) is 73.2 Å². The van der Waals surface area contributed by atoms with Gasteiger partial charge < -0.3 is 10.1 Å². The second-order valence-corrected chi connectivity index (χ2v) is 4.21. The minimum Gasteiger partial charge on any atom is -0.467 e. The maximum absolute atomic E-state index is 12.1. The molecule has 0 bridgehead atoms. The smallest absolute Gasteiger partial charge is 0.328 e. The number of methoxy groups -OCH3 is 1. The van der Waals surface area contributed by atoms with Crippen LogP contribution in [0.2, 0.25) is 0 Å². The zero-order chi connectivity index (χ0) is 14.0. The van der Waals surface area contributed by atoms with E-state index in [2.05, 4.69) is 15.2 Å². The third-order valence-electron chi connectivity index (χ3n) is 2.88.